The molecule has 1 aliphatic heterocycles. The van der Waals surface area contributed by atoms with Crippen molar-refractivity contribution in [3.05, 3.63) is 54.6 Å². The van der Waals surface area contributed by atoms with E-state index in [0.717, 1.165) is 0 Å². The standard InChI is InChI=1S/C15H18N/c1-5-6-11-14-15(2,3)12-9-7-8-10-13(12)16(14)4/h5-11H,1H2,2-4H3/q+1/b11-6+. The van der Waals surface area contributed by atoms with Crippen LogP contribution in [-0.4, -0.2) is 17.3 Å². The minimum atomic E-state index is 0.0743. The van der Waals surface area contributed by atoms with Crippen molar-refractivity contribution < 1.29 is 4.58 Å². The van der Waals surface area contributed by atoms with E-state index < -0.39 is 0 Å². The zero-order chi connectivity index (χ0) is 11.8. The summed E-state index contributed by atoms with van der Waals surface area (Å²) in [4.78, 5) is 0. The molecule has 1 heterocycles. The third kappa shape index (κ3) is 1.44. The van der Waals surface area contributed by atoms with Gasteiger partial charge in [0.2, 0.25) is 5.69 Å². The molecular formula is C15H18N+. The molecule has 0 saturated carbocycles. The number of hydrogen-bond donors (Lipinski definition) is 0. The summed E-state index contributed by atoms with van der Waals surface area (Å²) in [5.41, 5.74) is 4.08. The fourth-order valence-corrected chi connectivity index (χ4v) is 2.46. The summed E-state index contributed by atoms with van der Waals surface area (Å²) in [7, 11) is 2.12. The quantitative estimate of drug-likeness (QED) is 0.522. The maximum absolute atomic E-state index is 3.72. The molecule has 0 aliphatic carbocycles. The predicted molar refractivity (Wildman–Crippen MR) is 69.7 cm³/mol. The van der Waals surface area contributed by atoms with E-state index in [1.165, 1.54) is 17.0 Å². The Morgan fingerprint density at radius 3 is 2.56 bits per heavy atom. The van der Waals surface area contributed by atoms with E-state index in [0.29, 0.717) is 0 Å². The maximum atomic E-state index is 3.72. The van der Waals surface area contributed by atoms with E-state index in [9.17, 15) is 0 Å². The molecule has 2 rings (SSSR count). The van der Waals surface area contributed by atoms with Gasteiger partial charge in [0.15, 0.2) is 5.71 Å². The van der Waals surface area contributed by atoms with Gasteiger partial charge in [-0.15, -0.1) is 0 Å². The first-order valence-corrected chi connectivity index (χ1v) is 5.59. The Bertz CT molecular complexity index is 490. The number of rotatable bonds is 2. The SMILES string of the molecule is C=C/C=C/C1=[N+](C)c2ccccc2C1(C)C. The molecule has 1 aromatic carbocycles. The molecule has 0 amide bonds. The van der Waals surface area contributed by atoms with Crippen LogP contribution in [0.2, 0.25) is 0 Å². The Labute approximate surface area is 97.4 Å². The second-order valence-electron chi connectivity index (χ2n) is 4.68. The highest BCUT2D eigenvalue weighted by Crippen LogP contribution is 2.38. The summed E-state index contributed by atoms with van der Waals surface area (Å²) in [6.07, 6.45) is 5.96. The predicted octanol–water partition coefficient (Wildman–Crippen LogP) is 3.43. The van der Waals surface area contributed by atoms with Crippen molar-refractivity contribution in [3.8, 4) is 0 Å². The van der Waals surface area contributed by atoms with Crippen LogP contribution in [0.5, 0.6) is 0 Å². The number of fused-ring (bicyclic) bond motifs is 1. The van der Waals surface area contributed by atoms with Gasteiger partial charge in [-0.1, -0.05) is 36.9 Å². The molecule has 1 heteroatoms. The molecule has 0 radical (unpaired) electrons. The first-order valence-electron chi connectivity index (χ1n) is 5.59. The lowest BCUT2D eigenvalue weighted by molar-refractivity contribution is -0.401. The average Bonchev–Trinajstić information content (AvgIpc) is 2.46. The molecule has 82 valence electrons. The van der Waals surface area contributed by atoms with Crippen LogP contribution in [0.1, 0.15) is 19.4 Å². The summed E-state index contributed by atoms with van der Waals surface area (Å²) in [5.74, 6) is 0. The molecule has 1 aromatic rings. The van der Waals surface area contributed by atoms with Gasteiger partial charge in [0.05, 0.1) is 5.41 Å². The smallest absolute Gasteiger partial charge is 0.198 e. The topological polar surface area (TPSA) is 3.01 Å². The van der Waals surface area contributed by atoms with Gasteiger partial charge in [-0.2, -0.15) is 4.58 Å². The fourth-order valence-electron chi connectivity index (χ4n) is 2.46. The van der Waals surface area contributed by atoms with Crippen LogP contribution in [-0.2, 0) is 5.41 Å². The number of benzene rings is 1. The van der Waals surface area contributed by atoms with Gasteiger partial charge < -0.3 is 0 Å². The summed E-state index contributed by atoms with van der Waals surface area (Å²) < 4.78 is 2.26. The lowest BCUT2D eigenvalue weighted by Crippen LogP contribution is -2.26. The highest BCUT2D eigenvalue weighted by molar-refractivity contribution is 6.03. The van der Waals surface area contributed by atoms with E-state index in [1.807, 2.05) is 12.2 Å². The molecule has 16 heavy (non-hydrogen) atoms. The van der Waals surface area contributed by atoms with Crippen LogP contribution in [0.25, 0.3) is 0 Å². The van der Waals surface area contributed by atoms with Crippen molar-refractivity contribution in [3.63, 3.8) is 0 Å². The second-order valence-corrected chi connectivity index (χ2v) is 4.68. The highest BCUT2D eigenvalue weighted by atomic mass is 15.0. The van der Waals surface area contributed by atoms with Crippen LogP contribution in [0.3, 0.4) is 0 Å². The van der Waals surface area contributed by atoms with Crippen LogP contribution >= 0.6 is 0 Å². The first kappa shape index (κ1) is 10.9. The van der Waals surface area contributed by atoms with E-state index in [-0.39, 0.29) is 5.41 Å². The van der Waals surface area contributed by atoms with Crippen molar-refractivity contribution in [2.75, 3.05) is 7.05 Å². The third-order valence-electron chi connectivity index (χ3n) is 3.33. The fraction of sp³-hybridized carbons (Fsp3) is 0.267. The van der Waals surface area contributed by atoms with Crippen molar-refractivity contribution in [2.24, 2.45) is 0 Å². The van der Waals surface area contributed by atoms with Gasteiger partial charge in [-0.05, 0) is 13.8 Å². The minimum absolute atomic E-state index is 0.0743. The summed E-state index contributed by atoms with van der Waals surface area (Å²) >= 11 is 0. The first-order chi connectivity index (χ1) is 7.59. The molecule has 0 fully saturated rings. The van der Waals surface area contributed by atoms with Crippen molar-refractivity contribution in [2.45, 2.75) is 19.3 Å². The number of para-hydroxylation sites is 1. The van der Waals surface area contributed by atoms with Crippen LogP contribution < -0.4 is 0 Å². The lowest BCUT2D eigenvalue weighted by Gasteiger charge is -2.14. The van der Waals surface area contributed by atoms with Crippen molar-refractivity contribution >= 4 is 11.4 Å². The highest BCUT2D eigenvalue weighted by Gasteiger charge is 2.42. The molecule has 0 spiro atoms. The number of hydrogen-bond acceptors (Lipinski definition) is 0. The minimum Gasteiger partial charge on any atom is -0.198 e. The summed E-state index contributed by atoms with van der Waals surface area (Å²) in [6, 6.07) is 8.58. The van der Waals surface area contributed by atoms with Gasteiger partial charge in [-0.3, -0.25) is 0 Å². The summed E-state index contributed by atoms with van der Waals surface area (Å²) in [5, 5.41) is 0. The average molecular weight is 212 g/mol. The van der Waals surface area contributed by atoms with E-state index in [2.05, 4.69) is 62.4 Å². The van der Waals surface area contributed by atoms with Gasteiger partial charge in [0.1, 0.15) is 7.05 Å². The molecule has 1 aliphatic rings. The van der Waals surface area contributed by atoms with Gasteiger partial charge in [-0.25, -0.2) is 0 Å². The Balaban J connectivity index is 2.61. The second kappa shape index (κ2) is 3.75. The van der Waals surface area contributed by atoms with Crippen LogP contribution in [0, 0.1) is 0 Å². The van der Waals surface area contributed by atoms with Crippen LogP contribution in [0.4, 0.5) is 5.69 Å². The lowest BCUT2D eigenvalue weighted by atomic mass is 9.81. The summed E-state index contributed by atoms with van der Waals surface area (Å²) in [6.45, 7) is 8.25. The normalized spacial score (nSPS) is 17.9. The molecule has 0 bridgehead atoms. The third-order valence-corrected chi connectivity index (χ3v) is 3.33. The molecule has 0 aromatic heterocycles. The Morgan fingerprint density at radius 2 is 1.94 bits per heavy atom. The van der Waals surface area contributed by atoms with Crippen LogP contribution in [0.15, 0.2) is 49.1 Å². The maximum Gasteiger partial charge on any atom is 0.209 e. The van der Waals surface area contributed by atoms with E-state index >= 15 is 0 Å². The van der Waals surface area contributed by atoms with Crippen molar-refractivity contribution in [1.29, 1.82) is 0 Å². The largest absolute Gasteiger partial charge is 0.209 e. The number of allylic oxidation sites excluding steroid dienone is 3. The Morgan fingerprint density at radius 1 is 1.25 bits per heavy atom. The van der Waals surface area contributed by atoms with Gasteiger partial charge in [0, 0.05) is 17.7 Å². The van der Waals surface area contributed by atoms with E-state index in [1.54, 1.807) is 0 Å². The molecule has 0 unspecified atom stereocenters. The van der Waals surface area contributed by atoms with Crippen molar-refractivity contribution in [1.82, 2.24) is 0 Å². The molecule has 0 saturated heterocycles. The van der Waals surface area contributed by atoms with Gasteiger partial charge >= 0.3 is 0 Å². The zero-order valence-electron chi connectivity index (χ0n) is 10.2. The Hall–Kier alpha value is -1.63. The van der Waals surface area contributed by atoms with E-state index in [4.69, 9.17) is 0 Å². The molecule has 0 N–H and O–H groups in total. The number of nitrogens with zero attached hydrogens (tertiary/aromatic N) is 1. The molecular weight excluding hydrogens is 194 g/mol. The monoisotopic (exact) mass is 212 g/mol. The molecule has 0 atom stereocenters. The van der Waals surface area contributed by atoms with Gasteiger partial charge in [0.25, 0.3) is 0 Å². The Kier molecular flexibility index (Phi) is 2.55. The zero-order valence-corrected chi connectivity index (χ0v) is 10.2. The molecule has 1 nitrogen and oxygen atoms in total.